The normalized spacial score (nSPS) is 21.7. The van der Waals surface area contributed by atoms with E-state index in [9.17, 15) is 4.79 Å². The molecule has 2 atom stereocenters. The van der Waals surface area contributed by atoms with Crippen LogP contribution in [0.1, 0.15) is 65.7 Å². The number of ether oxygens (including phenoxy) is 1. The third-order valence-corrected chi connectivity index (χ3v) is 4.24. The molecule has 2 heteroatoms. The predicted molar refractivity (Wildman–Crippen MR) is 88.0 cm³/mol. The van der Waals surface area contributed by atoms with Crippen molar-refractivity contribution in [2.24, 2.45) is 11.3 Å². The van der Waals surface area contributed by atoms with E-state index in [1.807, 2.05) is 13.2 Å². The Hall–Kier alpha value is -1.07. The number of carbonyl (C=O) groups excluding carboxylic acids is 1. The van der Waals surface area contributed by atoms with E-state index in [4.69, 9.17) is 4.74 Å². The number of carbonyl (C=O) groups is 1. The summed E-state index contributed by atoms with van der Waals surface area (Å²) in [4.78, 5) is 10.8. The molecule has 2 nitrogen and oxygen atoms in total. The Morgan fingerprint density at radius 3 is 2.67 bits per heavy atom. The summed E-state index contributed by atoms with van der Waals surface area (Å²) in [5.41, 5.74) is 0.186. The fraction of sp³-hybridized carbons (Fsp3) is 0.737. The van der Waals surface area contributed by atoms with Gasteiger partial charge in [-0.05, 0) is 56.4 Å². The van der Waals surface area contributed by atoms with Crippen molar-refractivity contribution in [2.75, 3.05) is 7.11 Å². The molecule has 0 bridgehead atoms. The molecule has 0 radical (unpaired) electrons. The Balaban J connectivity index is 2.23. The number of hydrogen-bond acceptors (Lipinski definition) is 2. The standard InChI is InChI=1S/C19H30O2/c1-16(20)11-9-7-5-6-8-10-14-19(2,3)15-17-12-13-18(17)21-4/h10,14,17-18H,5,7,9,11-13,15H2,1-4H3. The lowest BCUT2D eigenvalue weighted by Crippen LogP contribution is -2.36. The van der Waals surface area contributed by atoms with Crippen LogP contribution in [0.4, 0.5) is 0 Å². The van der Waals surface area contributed by atoms with Crippen LogP contribution in [-0.4, -0.2) is 19.0 Å². The molecule has 0 spiro atoms. The third-order valence-electron chi connectivity index (χ3n) is 4.24. The topological polar surface area (TPSA) is 26.3 Å². The average molecular weight is 290 g/mol. The molecular weight excluding hydrogens is 260 g/mol. The van der Waals surface area contributed by atoms with Gasteiger partial charge in [0.25, 0.3) is 0 Å². The van der Waals surface area contributed by atoms with E-state index in [0.717, 1.165) is 19.3 Å². The van der Waals surface area contributed by atoms with E-state index in [-0.39, 0.29) is 11.2 Å². The lowest BCUT2D eigenvalue weighted by atomic mass is 9.71. The van der Waals surface area contributed by atoms with Crippen LogP contribution in [0.25, 0.3) is 0 Å². The lowest BCUT2D eigenvalue weighted by molar-refractivity contribution is -0.117. The Kier molecular flexibility index (Phi) is 7.75. The minimum atomic E-state index is 0.186. The van der Waals surface area contributed by atoms with Crippen molar-refractivity contribution in [3.63, 3.8) is 0 Å². The van der Waals surface area contributed by atoms with Gasteiger partial charge in [0.2, 0.25) is 0 Å². The second kappa shape index (κ2) is 9.05. The fourth-order valence-corrected chi connectivity index (χ4v) is 2.81. The molecule has 1 rings (SSSR count). The van der Waals surface area contributed by atoms with Crippen molar-refractivity contribution in [3.8, 4) is 11.8 Å². The minimum absolute atomic E-state index is 0.186. The molecule has 0 N–H and O–H groups in total. The van der Waals surface area contributed by atoms with Gasteiger partial charge in [0.1, 0.15) is 5.78 Å². The zero-order valence-corrected chi connectivity index (χ0v) is 14.1. The molecule has 0 saturated heterocycles. The first-order valence-electron chi connectivity index (χ1n) is 8.13. The van der Waals surface area contributed by atoms with Crippen molar-refractivity contribution in [3.05, 3.63) is 12.2 Å². The highest BCUT2D eigenvalue weighted by atomic mass is 16.5. The molecule has 2 unspecified atom stereocenters. The Labute approximate surface area is 130 Å². The molecule has 1 aliphatic carbocycles. The highest BCUT2D eigenvalue weighted by Crippen LogP contribution is 2.39. The first-order valence-corrected chi connectivity index (χ1v) is 8.13. The number of hydrogen-bond donors (Lipinski definition) is 0. The third kappa shape index (κ3) is 7.48. The Morgan fingerprint density at radius 2 is 2.10 bits per heavy atom. The first kappa shape index (κ1) is 18.0. The zero-order valence-electron chi connectivity index (χ0n) is 14.1. The molecule has 0 aromatic heterocycles. The van der Waals surface area contributed by atoms with Gasteiger partial charge in [0.05, 0.1) is 6.10 Å². The van der Waals surface area contributed by atoms with Crippen molar-refractivity contribution in [1.29, 1.82) is 0 Å². The summed E-state index contributed by atoms with van der Waals surface area (Å²) >= 11 is 0. The smallest absolute Gasteiger partial charge is 0.129 e. The van der Waals surface area contributed by atoms with Crippen molar-refractivity contribution >= 4 is 5.78 Å². The number of allylic oxidation sites excluding steroid dienone is 2. The minimum Gasteiger partial charge on any atom is -0.381 e. The quantitative estimate of drug-likeness (QED) is 0.485. The van der Waals surface area contributed by atoms with Crippen LogP contribution in [0.3, 0.4) is 0 Å². The molecule has 0 aromatic carbocycles. The summed E-state index contributed by atoms with van der Waals surface area (Å²) in [6, 6.07) is 0. The van der Waals surface area contributed by atoms with Gasteiger partial charge in [-0.2, -0.15) is 0 Å². The summed E-state index contributed by atoms with van der Waals surface area (Å²) in [5, 5.41) is 0. The van der Waals surface area contributed by atoms with E-state index in [1.165, 1.54) is 19.3 Å². The SMILES string of the molecule is COC1CCC1CC(C)(C)C=CC#CCCCCC(C)=O. The lowest BCUT2D eigenvalue weighted by Gasteiger charge is -2.39. The fourth-order valence-electron chi connectivity index (χ4n) is 2.81. The second-order valence-electron chi connectivity index (χ2n) is 6.87. The van der Waals surface area contributed by atoms with Gasteiger partial charge >= 0.3 is 0 Å². The van der Waals surface area contributed by atoms with Gasteiger partial charge in [-0.1, -0.05) is 31.8 Å². The highest BCUT2D eigenvalue weighted by Gasteiger charge is 2.34. The number of Topliss-reactive ketones (excluding diaryl/α,β-unsaturated/α-hetero) is 1. The first-order chi connectivity index (χ1) is 9.94. The summed E-state index contributed by atoms with van der Waals surface area (Å²) in [6.07, 6.45) is 11.9. The predicted octanol–water partition coefficient (Wildman–Crippen LogP) is 4.54. The van der Waals surface area contributed by atoms with Crippen LogP contribution in [0.15, 0.2) is 12.2 Å². The van der Waals surface area contributed by atoms with Crippen LogP contribution in [0, 0.1) is 23.2 Å². The van der Waals surface area contributed by atoms with Crippen molar-refractivity contribution in [2.45, 2.75) is 71.8 Å². The molecule has 118 valence electrons. The Bertz CT molecular complexity index is 407. The maximum Gasteiger partial charge on any atom is 0.129 e. The van der Waals surface area contributed by atoms with Crippen LogP contribution in [0.2, 0.25) is 0 Å². The molecule has 1 aliphatic rings. The van der Waals surface area contributed by atoms with Gasteiger partial charge in [0.15, 0.2) is 0 Å². The molecular formula is C19H30O2. The number of unbranched alkanes of at least 4 members (excludes halogenated alkanes) is 2. The van der Waals surface area contributed by atoms with E-state index >= 15 is 0 Å². The summed E-state index contributed by atoms with van der Waals surface area (Å²) in [6.45, 7) is 6.18. The molecule has 0 heterocycles. The van der Waals surface area contributed by atoms with Gasteiger partial charge in [-0.15, -0.1) is 0 Å². The summed E-state index contributed by atoms with van der Waals surface area (Å²) in [7, 11) is 1.82. The van der Waals surface area contributed by atoms with Gasteiger partial charge < -0.3 is 9.53 Å². The van der Waals surface area contributed by atoms with Gasteiger partial charge in [0, 0.05) is 20.0 Å². The summed E-state index contributed by atoms with van der Waals surface area (Å²) in [5.74, 6) is 7.25. The van der Waals surface area contributed by atoms with E-state index in [1.54, 1.807) is 6.92 Å². The largest absolute Gasteiger partial charge is 0.381 e. The van der Waals surface area contributed by atoms with Crippen molar-refractivity contribution < 1.29 is 9.53 Å². The molecule has 0 aliphatic heterocycles. The zero-order chi connectivity index (χ0) is 15.7. The maximum absolute atomic E-state index is 10.8. The summed E-state index contributed by atoms with van der Waals surface area (Å²) < 4.78 is 5.47. The van der Waals surface area contributed by atoms with Crippen LogP contribution < -0.4 is 0 Å². The molecule has 21 heavy (non-hydrogen) atoms. The molecule has 1 fully saturated rings. The number of rotatable bonds is 8. The average Bonchev–Trinajstić information content (AvgIpc) is 2.38. The van der Waals surface area contributed by atoms with Crippen molar-refractivity contribution in [1.82, 2.24) is 0 Å². The van der Waals surface area contributed by atoms with Crippen LogP contribution in [-0.2, 0) is 9.53 Å². The van der Waals surface area contributed by atoms with Crippen LogP contribution >= 0.6 is 0 Å². The number of methoxy groups -OCH3 is 1. The van der Waals surface area contributed by atoms with Gasteiger partial charge in [-0.3, -0.25) is 0 Å². The van der Waals surface area contributed by atoms with Gasteiger partial charge in [-0.25, -0.2) is 0 Å². The second-order valence-corrected chi connectivity index (χ2v) is 6.87. The monoisotopic (exact) mass is 290 g/mol. The van der Waals surface area contributed by atoms with E-state index < -0.39 is 0 Å². The molecule has 0 amide bonds. The highest BCUT2D eigenvalue weighted by molar-refractivity contribution is 5.75. The molecule has 0 aromatic rings. The van der Waals surface area contributed by atoms with E-state index in [2.05, 4.69) is 31.8 Å². The number of ketones is 1. The Morgan fingerprint density at radius 1 is 1.33 bits per heavy atom. The molecule has 1 saturated carbocycles. The maximum atomic E-state index is 10.8. The van der Waals surface area contributed by atoms with E-state index in [0.29, 0.717) is 18.4 Å². The van der Waals surface area contributed by atoms with Crippen LogP contribution in [0.5, 0.6) is 0 Å².